The minimum absolute atomic E-state index is 0.0562. The Balaban J connectivity index is 2.83. The molecule has 82 valence electrons. The first kappa shape index (κ1) is 12.2. The van der Waals surface area contributed by atoms with Gasteiger partial charge >= 0.3 is 0 Å². The molecular weight excluding hydrogens is 256 g/mol. The number of aryl methyl sites for hydroxylation is 1. The van der Waals surface area contributed by atoms with Crippen molar-refractivity contribution in [2.24, 2.45) is 0 Å². The summed E-state index contributed by atoms with van der Waals surface area (Å²) in [5.41, 5.74) is 1.33. The molecule has 1 aromatic heterocycles. The summed E-state index contributed by atoms with van der Waals surface area (Å²) in [6, 6.07) is 1.73. The van der Waals surface area contributed by atoms with Crippen LogP contribution < -0.4 is 5.32 Å². The molecule has 0 radical (unpaired) electrons. The summed E-state index contributed by atoms with van der Waals surface area (Å²) in [6.07, 6.45) is 3.32. The van der Waals surface area contributed by atoms with Crippen molar-refractivity contribution in [3.8, 4) is 0 Å². The van der Waals surface area contributed by atoms with Crippen LogP contribution in [0.2, 0.25) is 0 Å². The number of amides is 1. The van der Waals surface area contributed by atoms with Crippen LogP contribution in [0.15, 0.2) is 18.5 Å². The standard InChI is InChI=1S/C11H15BrN2O/c1-8-6-13-5-4-9(8)10(15)14-11(2,3)7-12/h4-6H,7H2,1-3H3,(H,14,15). The number of rotatable bonds is 3. The molecule has 0 saturated carbocycles. The minimum atomic E-state index is -0.243. The predicted molar refractivity (Wildman–Crippen MR) is 64.3 cm³/mol. The molecule has 0 saturated heterocycles. The molecule has 0 atom stereocenters. The molecule has 0 aliphatic heterocycles. The van der Waals surface area contributed by atoms with Crippen LogP contribution in [-0.4, -0.2) is 21.8 Å². The fourth-order valence-corrected chi connectivity index (χ4v) is 1.28. The summed E-state index contributed by atoms with van der Waals surface area (Å²) in [5, 5.41) is 3.67. The molecule has 1 rings (SSSR count). The second kappa shape index (κ2) is 4.75. The fraction of sp³-hybridized carbons (Fsp3) is 0.455. The van der Waals surface area contributed by atoms with E-state index in [4.69, 9.17) is 0 Å². The van der Waals surface area contributed by atoms with E-state index in [1.165, 1.54) is 0 Å². The number of pyridine rings is 1. The fourth-order valence-electron chi connectivity index (χ4n) is 1.14. The van der Waals surface area contributed by atoms with Gasteiger partial charge in [0.25, 0.3) is 5.91 Å². The SMILES string of the molecule is Cc1cnccc1C(=O)NC(C)(C)CBr. The zero-order chi connectivity index (χ0) is 11.5. The number of nitrogens with one attached hydrogen (secondary N) is 1. The zero-order valence-corrected chi connectivity index (χ0v) is 10.8. The molecule has 4 heteroatoms. The lowest BCUT2D eigenvalue weighted by Gasteiger charge is -2.23. The van der Waals surface area contributed by atoms with Crippen molar-refractivity contribution >= 4 is 21.8 Å². The molecule has 0 fully saturated rings. The predicted octanol–water partition coefficient (Wildman–Crippen LogP) is 2.29. The Morgan fingerprint density at radius 1 is 1.60 bits per heavy atom. The molecule has 0 aliphatic carbocycles. The van der Waals surface area contributed by atoms with Crippen LogP contribution in [0.25, 0.3) is 0 Å². The molecule has 1 N–H and O–H groups in total. The highest BCUT2D eigenvalue weighted by Crippen LogP contribution is 2.10. The van der Waals surface area contributed by atoms with E-state index in [2.05, 4.69) is 26.2 Å². The molecule has 0 aliphatic rings. The molecule has 0 aromatic carbocycles. The van der Waals surface area contributed by atoms with E-state index >= 15 is 0 Å². The van der Waals surface area contributed by atoms with Crippen LogP contribution in [0.5, 0.6) is 0 Å². The Morgan fingerprint density at radius 2 is 2.27 bits per heavy atom. The van der Waals surface area contributed by atoms with Gasteiger partial charge in [0.05, 0.1) is 0 Å². The van der Waals surface area contributed by atoms with Gasteiger partial charge in [0.1, 0.15) is 0 Å². The topological polar surface area (TPSA) is 42.0 Å². The maximum absolute atomic E-state index is 11.9. The number of carbonyl (C=O) groups excluding carboxylic acids is 1. The van der Waals surface area contributed by atoms with Crippen LogP contribution >= 0.6 is 15.9 Å². The average molecular weight is 271 g/mol. The smallest absolute Gasteiger partial charge is 0.252 e. The average Bonchev–Trinajstić information content (AvgIpc) is 2.17. The molecule has 0 spiro atoms. The number of nitrogens with zero attached hydrogens (tertiary/aromatic N) is 1. The number of hydrogen-bond donors (Lipinski definition) is 1. The molecule has 1 heterocycles. The van der Waals surface area contributed by atoms with Gasteiger partial charge in [0, 0.05) is 28.8 Å². The van der Waals surface area contributed by atoms with Crippen molar-refractivity contribution in [3.05, 3.63) is 29.6 Å². The number of carbonyl (C=O) groups is 1. The normalized spacial score (nSPS) is 11.2. The van der Waals surface area contributed by atoms with Gasteiger partial charge in [0.2, 0.25) is 0 Å². The van der Waals surface area contributed by atoms with Crippen molar-refractivity contribution in [1.82, 2.24) is 10.3 Å². The summed E-state index contributed by atoms with van der Waals surface area (Å²) >= 11 is 3.36. The lowest BCUT2D eigenvalue weighted by Crippen LogP contribution is -2.44. The second-order valence-corrected chi connectivity index (χ2v) is 4.72. The third kappa shape index (κ3) is 3.30. The maximum Gasteiger partial charge on any atom is 0.252 e. The van der Waals surface area contributed by atoms with E-state index in [9.17, 15) is 4.79 Å². The van der Waals surface area contributed by atoms with Crippen LogP contribution in [0.3, 0.4) is 0 Å². The molecule has 1 amide bonds. The first-order valence-corrected chi connectivity index (χ1v) is 5.87. The second-order valence-electron chi connectivity index (χ2n) is 4.16. The molecule has 1 aromatic rings. The number of alkyl halides is 1. The maximum atomic E-state index is 11.9. The van der Waals surface area contributed by atoms with Crippen molar-refractivity contribution in [3.63, 3.8) is 0 Å². The summed E-state index contributed by atoms with van der Waals surface area (Å²) in [4.78, 5) is 15.8. The number of halogens is 1. The third-order valence-electron chi connectivity index (χ3n) is 2.05. The first-order valence-electron chi connectivity index (χ1n) is 4.75. The minimum Gasteiger partial charge on any atom is -0.346 e. The van der Waals surface area contributed by atoms with Crippen LogP contribution in [-0.2, 0) is 0 Å². The summed E-state index contributed by atoms with van der Waals surface area (Å²) < 4.78 is 0. The highest BCUT2D eigenvalue weighted by atomic mass is 79.9. The Morgan fingerprint density at radius 3 is 2.80 bits per heavy atom. The zero-order valence-electron chi connectivity index (χ0n) is 9.17. The first-order chi connectivity index (χ1) is 6.96. The Labute approximate surface area is 98.4 Å². The van der Waals surface area contributed by atoms with Crippen LogP contribution in [0.1, 0.15) is 29.8 Å². The van der Waals surface area contributed by atoms with Crippen molar-refractivity contribution in [2.45, 2.75) is 26.3 Å². The summed E-state index contributed by atoms with van der Waals surface area (Å²) in [5.74, 6) is -0.0562. The molecular formula is C11H15BrN2O. The largest absolute Gasteiger partial charge is 0.346 e. The van der Waals surface area contributed by atoms with Gasteiger partial charge in [-0.2, -0.15) is 0 Å². The van der Waals surface area contributed by atoms with Gasteiger partial charge in [0.15, 0.2) is 0 Å². The van der Waals surface area contributed by atoms with Gasteiger partial charge in [-0.1, -0.05) is 15.9 Å². The Hall–Kier alpha value is -0.900. The van der Waals surface area contributed by atoms with Crippen molar-refractivity contribution in [2.75, 3.05) is 5.33 Å². The van der Waals surface area contributed by atoms with Crippen LogP contribution in [0.4, 0.5) is 0 Å². The van der Waals surface area contributed by atoms with Gasteiger partial charge in [-0.25, -0.2) is 0 Å². The Kier molecular flexibility index (Phi) is 3.85. The van der Waals surface area contributed by atoms with Gasteiger partial charge in [-0.3, -0.25) is 9.78 Å². The quantitative estimate of drug-likeness (QED) is 0.857. The van der Waals surface area contributed by atoms with E-state index in [-0.39, 0.29) is 11.4 Å². The summed E-state index contributed by atoms with van der Waals surface area (Å²) in [6.45, 7) is 5.81. The number of aromatic nitrogens is 1. The van der Waals surface area contributed by atoms with E-state index in [0.29, 0.717) is 5.56 Å². The van der Waals surface area contributed by atoms with Crippen molar-refractivity contribution in [1.29, 1.82) is 0 Å². The molecule has 0 unspecified atom stereocenters. The van der Waals surface area contributed by atoms with E-state index < -0.39 is 0 Å². The Bertz CT molecular complexity index is 363. The third-order valence-corrected chi connectivity index (χ3v) is 3.45. The summed E-state index contributed by atoms with van der Waals surface area (Å²) in [7, 11) is 0. The van der Waals surface area contributed by atoms with E-state index in [0.717, 1.165) is 10.9 Å². The number of hydrogen-bond acceptors (Lipinski definition) is 2. The van der Waals surface area contributed by atoms with E-state index in [1.807, 2.05) is 20.8 Å². The molecule has 3 nitrogen and oxygen atoms in total. The van der Waals surface area contributed by atoms with Gasteiger partial charge < -0.3 is 5.32 Å². The van der Waals surface area contributed by atoms with Crippen molar-refractivity contribution < 1.29 is 4.79 Å². The van der Waals surface area contributed by atoms with Gasteiger partial charge in [-0.15, -0.1) is 0 Å². The molecule has 15 heavy (non-hydrogen) atoms. The lowest BCUT2D eigenvalue weighted by atomic mass is 10.1. The molecule has 0 bridgehead atoms. The monoisotopic (exact) mass is 270 g/mol. The van der Waals surface area contributed by atoms with E-state index in [1.54, 1.807) is 18.5 Å². The van der Waals surface area contributed by atoms with Gasteiger partial charge in [-0.05, 0) is 32.4 Å². The lowest BCUT2D eigenvalue weighted by molar-refractivity contribution is 0.0920. The highest BCUT2D eigenvalue weighted by molar-refractivity contribution is 9.09. The van der Waals surface area contributed by atoms with Crippen LogP contribution in [0, 0.1) is 6.92 Å². The highest BCUT2D eigenvalue weighted by Gasteiger charge is 2.20.